The van der Waals surface area contributed by atoms with E-state index in [0.717, 1.165) is 24.6 Å². The number of fused-ring (bicyclic) bond motifs is 1. The highest BCUT2D eigenvalue weighted by Gasteiger charge is 2.48. The van der Waals surface area contributed by atoms with Crippen molar-refractivity contribution in [1.82, 2.24) is 15.1 Å². The SMILES string of the molecule is CCC(C)SC1=NC2C(C(=O)NC(=O)N2C)N1CCC(C)C. The van der Waals surface area contributed by atoms with E-state index < -0.39 is 12.2 Å². The summed E-state index contributed by atoms with van der Waals surface area (Å²) < 4.78 is 0. The minimum absolute atomic E-state index is 0.236. The molecule has 2 heterocycles. The first-order chi connectivity index (χ1) is 10.3. The lowest BCUT2D eigenvalue weighted by Crippen LogP contribution is -2.63. The minimum atomic E-state index is -0.403. The molecule has 3 atom stereocenters. The molecule has 6 nitrogen and oxygen atoms in total. The molecule has 0 aromatic carbocycles. The number of aliphatic imine (C=N–C) groups is 1. The molecule has 1 saturated heterocycles. The van der Waals surface area contributed by atoms with Gasteiger partial charge in [0.2, 0.25) is 0 Å². The molecule has 22 heavy (non-hydrogen) atoms. The van der Waals surface area contributed by atoms with Gasteiger partial charge in [0.1, 0.15) is 0 Å². The Morgan fingerprint density at radius 3 is 2.59 bits per heavy atom. The summed E-state index contributed by atoms with van der Waals surface area (Å²) in [4.78, 5) is 32.4. The number of thioether (sulfide) groups is 1. The summed E-state index contributed by atoms with van der Waals surface area (Å²) in [5.74, 6) is 0.320. The van der Waals surface area contributed by atoms with Gasteiger partial charge in [0, 0.05) is 18.8 Å². The summed E-state index contributed by atoms with van der Waals surface area (Å²) in [7, 11) is 1.69. The fraction of sp³-hybridized carbons (Fsp3) is 0.800. The lowest BCUT2D eigenvalue weighted by atomic mass is 10.1. The van der Waals surface area contributed by atoms with Crippen LogP contribution in [0.5, 0.6) is 0 Å². The number of amides is 3. The Balaban J connectivity index is 2.23. The number of hydrogen-bond acceptors (Lipinski definition) is 5. The summed E-state index contributed by atoms with van der Waals surface area (Å²) >= 11 is 1.70. The third kappa shape index (κ3) is 3.39. The fourth-order valence-electron chi connectivity index (χ4n) is 2.49. The van der Waals surface area contributed by atoms with Crippen LogP contribution < -0.4 is 5.32 Å². The number of amidine groups is 1. The van der Waals surface area contributed by atoms with Crippen molar-refractivity contribution in [1.29, 1.82) is 0 Å². The van der Waals surface area contributed by atoms with Crippen LogP contribution in [-0.2, 0) is 4.79 Å². The van der Waals surface area contributed by atoms with Crippen LogP contribution in [0.2, 0.25) is 0 Å². The van der Waals surface area contributed by atoms with Crippen LogP contribution in [0.15, 0.2) is 4.99 Å². The standard InChI is InChI=1S/C15H26N4O2S/c1-6-10(4)22-15-16-12-11(19(15)8-7-9(2)3)13(20)17-14(21)18(12)5/h9-12H,6-8H2,1-5H3,(H,17,20,21). The van der Waals surface area contributed by atoms with Gasteiger partial charge in [-0.1, -0.05) is 39.5 Å². The van der Waals surface area contributed by atoms with Crippen molar-refractivity contribution in [2.45, 2.75) is 58.0 Å². The summed E-state index contributed by atoms with van der Waals surface area (Å²) in [6.45, 7) is 9.42. The highest BCUT2D eigenvalue weighted by molar-refractivity contribution is 8.14. The Bertz CT molecular complexity index is 480. The fourth-order valence-corrected chi connectivity index (χ4v) is 3.53. The molecule has 1 N–H and O–H groups in total. The molecular weight excluding hydrogens is 300 g/mol. The maximum atomic E-state index is 12.3. The maximum absolute atomic E-state index is 12.3. The van der Waals surface area contributed by atoms with Gasteiger partial charge in [-0.05, 0) is 18.8 Å². The summed E-state index contributed by atoms with van der Waals surface area (Å²) in [5, 5.41) is 3.75. The summed E-state index contributed by atoms with van der Waals surface area (Å²) in [6, 6.07) is -0.762. The van der Waals surface area contributed by atoms with E-state index in [-0.39, 0.29) is 11.9 Å². The van der Waals surface area contributed by atoms with Crippen LogP contribution in [0.1, 0.15) is 40.5 Å². The molecular formula is C15H26N4O2S. The van der Waals surface area contributed by atoms with Crippen molar-refractivity contribution in [3.05, 3.63) is 0 Å². The number of hydrogen-bond donors (Lipinski definition) is 1. The normalized spacial score (nSPS) is 26.2. The third-order valence-corrected chi connectivity index (χ3v) is 5.44. The van der Waals surface area contributed by atoms with Gasteiger partial charge in [0.25, 0.3) is 5.91 Å². The number of nitrogens with one attached hydrogen (secondary N) is 1. The van der Waals surface area contributed by atoms with E-state index in [9.17, 15) is 9.59 Å². The number of likely N-dealkylation sites (N-methyl/N-ethyl adjacent to an activating group) is 1. The molecule has 0 aliphatic carbocycles. The number of urea groups is 1. The van der Waals surface area contributed by atoms with Crippen molar-refractivity contribution >= 4 is 28.9 Å². The Kier molecular flexibility index (Phi) is 5.36. The van der Waals surface area contributed by atoms with Gasteiger partial charge in [-0.25, -0.2) is 9.79 Å². The topological polar surface area (TPSA) is 65.0 Å². The predicted molar refractivity (Wildman–Crippen MR) is 89.8 cm³/mol. The van der Waals surface area contributed by atoms with Crippen molar-refractivity contribution in [3.63, 3.8) is 0 Å². The van der Waals surface area contributed by atoms with Crippen LogP contribution in [0, 0.1) is 5.92 Å². The molecule has 0 aromatic rings. The quantitative estimate of drug-likeness (QED) is 0.840. The second kappa shape index (κ2) is 6.89. The summed E-state index contributed by atoms with van der Waals surface area (Å²) in [5.41, 5.74) is 0. The van der Waals surface area contributed by atoms with Crippen LogP contribution in [0.4, 0.5) is 4.79 Å². The van der Waals surface area contributed by atoms with Crippen LogP contribution in [-0.4, -0.2) is 58.0 Å². The average molecular weight is 326 g/mol. The third-order valence-electron chi connectivity index (χ3n) is 4.15. The highest BCUT2D eigenvalue weighted by Crippen LogP contribution is 2.31. The van der Waals surface area contributed by atoms with Gasteiger partial charge in [0.05, 0.1) is 0 Å². The number of rotatable bonds is 5. The number of nitrogens with zero attached hydrogens (tertiary/aromatic N) is 3. The van der Waals surface area contributed by atoms with E-state index in [4.69, 9.17) is 0 Å². The van der Waals surface area contributed by atoms with Crippen molar-refractivity contribution < 1.29 is 9.59 Å². The van der Waals surface area contributed by atoms with Crippen LogP contribution >= 0.6 is 11.8 Å². The molecule has 2 aliphatic heterocycles. The highest BCUT2D eigenvalue weighted by atomic mass is 32.2. The lowest BCUT2D eigenvalue weighted by Gasteiger charge is -2.36. The molecule has 1 fully saturated rings. The first-order valence-corrected chi connectivity index (χ1v) is 8.81. The second-order valence-electron chi connectivity index (χ2n) is 6.39. The Hall–Kier alpha value is -1.24. The first-order valence-electron chi connectivity index (χ1n) is 7.93. The van der Waals surface area contributed by atoms with E-state index >= 15 is 0 Å². The Morgan fingerprint density at radius 2 is 2.00 bits per heavy atom. The van der Waals surface area contributed by atoms with Crippen molar-refractivity contribution in [2.24, 2.45) is 10.9 Å². The molecule has 2 rings (SSSR count). The van der Waals surface area contributed by atoms with E-state index in [1.165, 1.54) is 4.90 Å². The van der Waals surface area contributed by atoms with Gasteiger partial charge in [0.15, 0.2) is 17.4 Å². The molecule has 0 spiro atoms. The monoisotopic (exact) mass is 326 g/mol. The Morgan fingerprint density at radius 1 is 1.32 bits per heavy atom. The molecule has 3 unspecified atom stereocenters. The molecule has 0 aromatic heterocycles. The first kappa shape index (κ1) is 17.1. The van der Waals surface area contributed by atoms with E-state index in [1.807, 2.05) is 0 Å². The van der Waals surface area contributed by atoms with Gasteiger partial charge in [-0.3, -0.25) is 10.1 Å². The molecule has 0 radical (unpaired) electrons. The smallest absolute Gasteiger partial charge is 0.325 e. The van der Waals surface area contributed by atoms with E-state index in [0.29, 0.717) is 11.2 Å². The Labute approximate surface area is 136 Å². The zero-order valence-corrected chi connectivity index (χ0v) is 14.8. The molecule has 3 amide bonds. The van der Waals surface area contributed by atoms with E-state index in [2.05, 4.69) is 42.9 Å². The van der Waals surface area contributed by atoms with Crippen LogP contribution in [0.25, 0.3) is 0 Å². The average Bonchev–Trinajstić information content (AvgIpc) is 2.81. The second-order valence-corrected chi connectivity index (χ2v) is 7.79. The lowest BCUT2D eigenvalue weighted by molar-refractivity contribution is -0.127. The van der Waals surface area contributed by atoms with Crippen molar-refractivity contribution in [3.8, 4) is 0 Å². The number of carbonyl (C=O) groups is 2. The number of imide groups is 1. The zero-order valence-electron chi connectivity index (χ0n) is 14.0. The van der Waals surface area contributed by atoms with Gasteiger partial charge >= 0.3 is 6.03 Å². The number of carbonyl (C=O) groups excluding carboxylic acids is 2. The largest absolute Gasteiger partial charge is 0.336 e. The van der Waals surface area contributed by atoms with Gasteiger partial charge < -0.3 is 9.80 Å². The molecule has 124 valence electrons. The predicted octanol–water partition coefficient (Wildman–Crippen LogP) is 2.11. The minimum Gasteiger partial charge on any atom is -0.336 e. The van der Waals surface area contributed by atoms with Gasteiger partial charge in [-0.15, -0.1) is 0 Å². The summed E-state index contributed by atoms with van der Waals surface area (Å²) in [6.07, 6.45) is 1.63. The van der Waals surface area contributed by atoms with Crippen molar-refractivity contribution in [2.75, 3.05) is 13.6 Å². The molecule has 7 heteroatoms. The maximum Gasteiger partial charge on any atom is 0.325 e. The zero-order chi connectivity index (χ0) is 16.4. The van der Waals surface area contributed by atoms with Crippen LogP contribution in [0.3, 0.4) is 0 Å². The molecule has 0 saturated carbocycles. The molecule has 2 aliphatic rings. The van der Waals surface area contributed by atoms with Gasteiger partial charge in [-0.2, -0.15) is 0 Å². The van der Waals surface area contributed by atoms with E-state index in [1.54, 1.807) is 18.8 Å². The molecule has 0 bridgehead atoms.